The van der Waals surface area contributed by atoms with E-state index in [9.17, 15) is 0 Å². The molecule has 1 aromatic heterocycles. The first-order valence-corrected chi connectivity index (χ1v) is 7.85. The van der Waals surface area contributed by atoms with Crippen LogP contribution in [0.4, 0.5) is 0 Å². The fraction of sp³-hybridized carbons (Fsp3) is 0.412. The predicted molar refractivity (Wildman–Crippen MR) is 84.8 cm³/mol. The topological polar surface area (TPSA) is 12.0 Å². The Kier molecular flexibility index (Phi) is 5.17. The van der Waals surface area contributed by atoms with E-state index in [4.69, 9.17) is 0 Å². The van der Waals surface area contributed by atoms with Gasteiger partial charge in [-0.05, 0) is 41.3 Å². The number of benzene rings is 1. The molecular weight excluding hydrogens is 250 g/mol. The highest BCUT2D eigenvalue weighted by atomic mass is 32.1. The van der Waals surface area contributed by atoms with Crippen LogP contribution in [0.15, 0.2) is 41.8 Å². The molecule has 0 aliphatic heterocycles. The van der Waals surface area contributed by atoms with Gasteiger partial charge in [-0.25, -0.2) is 0 Å². The first kappa shape index (κ1) is 14.3. The molecule has 1 aromatic carbocycles. The summed E-state index contributed by atoms with van der Waals surface area (Å²) in [4.78, 5) is 1.45. The number of rotatable bonds is 6. The summed E-state index contributed by atoms with van der Waals surface area (Å²) in [6, 6.07) is 13.0. The minimum absolute atomic E-state index is 0.585. The van der Waals surface area contributed by atoms with E-state index in [2.05, 4.69) is 67.9 Å². The molecule has 102 valence electrons. The molecule has 0 spiro atoms. The second kappa shape index (κ2) is 6.88. The van der Waals surface area contributed by atoms with Crippen molar-refractivity contribution in [2.24, 2.45) is 5.92 Å². The highest BCUT2D eigenvalue weighted by Gasteiger charge is 2.15. The first-order valence-electron chi connectivity index (χ1n) is 6.97. The van der Waals surface area contributed by atoms with Gasteiger partial charge < -0.3 is 5.32 Å². The van der Waals surface area contributed by atoms with Crippen LogP contribution < -0.4 is 5.32 Å². The maximum atomic E-state index is 3.62. The molecule has 1 nitrogen and oxygen atoms in total. The van der Waals surface area contributed by atoms with Gasteiger partial charge in [0.25, 0.3) is 0 Å². The summed E-state index contributed by atoms with van der Waals surface area (Å²) in [6.45, 7) is 8.81. The zero-order valence-electron chi connectivity index (χ0n) is 12.0. The van der Waals surface area contributed by atoms with Crippen LogP contribution in [-0.2, 0) is 6.54 Å². The van der Waals surface area contributed by atoms with Gasteiger partial charge in [0.05, 0.1) is 0 Å². The lowest BCUT2D eigenvalue weighted by Gasteiger charge is -2.22. The largest absolute Gasteiger partial charge is 0.311 e. The number of thiophene rings is 1. The summed E-state index contributed by atoms with van der Waals surface area (Å²) in [6.07, 6.45) is 0. The Morgan fingerprint density at radius 3 is 2.42 bits per heavy atom. The summed E-state index contributed by atoms with van der Waals surface area (Å²) >= 11 is 1.84. The third kappa shape index (κ3) is 3.92. The maximum Gasteiger partial charge on any atom is 0.0302 e. The Morgan fingerprint density at radius 1 is 1.11 bits per heavy atom. The van der Waals surface area contributed by atoms with Gasteiger partial charge >= 0.3 is 0 Å². The standard InChI is InChI=1S/C17H23NS/c1-13(2)16(15-7-5-4-6-8-15)11-18-12-17-14(3)9-10-19-17/h4-10,13,16,18H,11-12H2,1-3H3. The Morgan fingerprint density at radius 2 is 1.84 bits per heavy atom. The predicted octanol–water partition coefficient (Wildman–Crippen LogP) is 4.59. The lowest BCUT2D eigenvalue weighted by molar-refractivity contribution is 0.462. The molecule has 0 aliphatic carbocycles. The summed E-state index contributed by atoms with van der Waals surface area (Å²) in [5.41, 5.74) is 2.84. The average Bonchev–Trinajstić information content (AvgIpc) is 2.81. The van der Waals surface area contributed by atoms with Crippen LogP contribution in [0, 0.1) is 12.8 Å². The molecule has 0 fully saturated rings. The average molecular weight is 273 g/mol. The molecule has 2 aromatic rings. The molecule has 1 N–H and O–H groups in total. The van der Waals surface area contributed by atoms with Crippen LogP contribution in [0.1, 0.15) is 35.8 Å². The molecule has 1 unspecified atom stereocenters. The van der Waals surface area contributed by atoms with E-state index in [-0.39, 0.29) is 0 Å². The minimum Gasteiger partial charge on any atom is -0.311 e. The lowest BCUT2D eigenvalue weighted by atomic mass is 9.88. The van der Waals surface area contributed by atoms with Crippen molar-refractivity contribution in [3.63, 3.8) is 0 Å². The van der Waals surface area contributed by atoms with Crippen molar-refractivity contribution in [1.82, 2.24) is 5.32 Å². The number of aryl methyl sites for hydroxylation is 1. The van der Waals surface area contributed by atoms with Crippen LogP contribution >= 0.6 is 11.3 Å². The van der Waals surface area contributed by atoms with Crippen LogP contribution in [0.25, 0.3) is 0 Å². The number of hydrogen-bond acceptors (Lipinski definition) is 2. The SMILES string of the molecule is Cc1ccsc1CNCC(c1ccccc1)C(C)C. The molecule has 0 saturated heterocycles. The van der Waals surface area contributed by atoms with Gasteiger partial charge in [0.1, 0.15) is 0 Å². The smallest absolute Gasteiger partial charge is 0.0302 e. The highest BCUT2D eigenvalue weighted by Crippen LogP contribution is 2.23. The highest BCUT2D eigenvalue weighted by molar-refractivity contribution is 7.10. The van der Waals surface area contributed by atoms with Crippen molar-refractivity contribution in [1.29, 1.82) is 0 Å². The Balaban J connectivity index is 1.93. The molecule has 1 atom stereocenters. The molecular formula is C17H23NS. The molecule has 2 rings (SSSR count). The fourth-order valence-electron chi connectivity index (χ4n) is 2.37. The van der Waals surface area contributed by atoms with Gasteiger partial charge in [-0.2, -0.15) is 0 Å². The summed E-state index contributed by atoms with van der Waals surface area (Å²) in [5.74, 6) is 1.24. The van der Waals surface area contributed by atoms with Crippen LogP contribution in [0.5, 0.6) is 0 Å². The van der Waals surface area contributed by atoms with Gasteiger partial charge in [0.15, 0.2) is 0 Å². The second-order valence-electron chi connectivity index (χ2n) is 5.42. The minimum atomic E-state index is 0.585. The van der Waals surface area contributed by atoms with Gasteiger partial charge in [-0.1, -0.05) is 44.2 Å². The van der Waals surface area contributed by atoms with E-state index >= 15 is 0 Å². The maximum absolute atomic E-state index is 3.62. The van der Waals surface area contributed by atoms with Crippen molar-refractivity contribution in [2.45, 2.75) is 33.2 Å². The quantitative estimate of drug-likeness (QED) is 0.812. The zero-order valence-corrected chi connectivity index (χ0v) is 12.8. The first-order chi connectivity index (χ1) is 9.18. The van der Waals surface area contributed by atoms with Gasteiger partial charge in [0, 0.05) is 18.0 Å². The third-order valence-corrected chi connectivity index (χ3v) is 4.67. The Labute approximate surface area is 120 Å². The van der Waals surface area contributed by atoms with Crippen LogP contribution in [-0.4, -0.2) is 6.54 Å². The molecule has 1 heterocycles. The molecule has 2 heteroatoms. The number of nitrogens with one attached hydrogen (secondary N) is 1. The third-order valence-electron chi connectivity index (χ3n) is 3.65. The van der Waals surface area contributed by atoms with Crippen molar-refractivity contribution < 1.29 is 0 Å². The Bertz CT molecular complexity index is 487. The van der Waals surface area contributed by atoms with E-state index < -0.39 is 0 Å². The summed E-state index contributed by atoms with van der Waals surface area (Å²) < 4.78 is 0. The van der Waals surface area contributed by atoms with E-state index in [1.54, 1.807) is 0 Å². The van der Waals surface area contributed by atoms with E-state index in [0.29, 0.717) is 11.8 Å². The molecule has 0 amide bonds. The van der Waals surface area contributed by atoms with Gasteiger partial charge in [-0.15, -0.1) is 11.3 Å². The summed E-state index contributed by atoms with van der Waals surface area (Å²) in [5, 5.41) is 5.79. The summed E-state index contributed by atoms with van der Waals surface area (Å²) in [7, 11) is 0. The van der Waals surface area contributed by atoms with E-state index in [1.165, 1.54) is 16.0 Å². The molecule has 0 saturated carbocycles. The zero-order chi connectivity index (χ0) is 13.7. The van der Waals surface area contributed by atoms with Crippen molar-refractivity contribution >= 4 is 11.3 Å². The van der Waals surface area contributed by atoms with Crippen molar-refractivity contribution in [3.8, 4) is 0 Å². The molecule has 0 bridgehead atoms. The normalized spacial score (nSPS) is 12.8. The second-order valence-corrected chi connectivity index (χ2v) is 6.42. The lowest BCUT2D eigenvalue weighted by Crippen LogP contribution is -2.24. The monoisotopic (exact) mass is 273 g/mol. The van der Waals surface area contributed by atoms with E-state index in [0.717, 1.165) is 13.1 Å². The van der Waals surface area contributed by atoms with Gasteiger partial charge in [-0.3, -0.25) is 0 Å². The molecule has 0 aliphatic rings. The Hall–Kier alpha value is -1.12. The van der Waals surface area contributed by atoms with E-state index in [1.807, 2.05) is 11.3 Å². The van der Waals surface area contributed by atoms with Crippen molar-refractivity contribution in [3.05, 3.63) is 57.8 Å². The van der Waals surface area contributed by atoms with Crippen molar-refractivity contribution in [2.75, 3.05) is 6.54 Å². The van der Waals surface area contributed by atoms with Gasteiger partial charge in [0.2, 0.25) is 0 Å². The number of hydrogen-bond donors (Lipinski definition) is 1. The molecule has 19 heavy (non-hydrogen) atoms. The van der Waals surface area contributed by atoms with Crippen LogP contribution in [0.2, 0.25) is 0 Å². The van der Waals surface area contributed by atoms with Crippen LogP contribution in [0.3, 0.4) is 0 Å². The fourth-order valence-corrected chi connectivity index (χ4v) is 3.24. The molecule has 0 radical (unpaired) electrons.